The molecular weight excluding hydrogens is 337 g/mol. The number of carbonyl (C=O) groups is 1. The highest BCUT2D eigenvalue weighted by atomic mass is 35.7. The van der Waals surface area contributed by atoms with Crippen LogP contribution < -0.4 is 5.32 Å². The Morgan fingerprint density at radius 1 is 1.33 bits per heavy atom. The minimum atomic E-state index is -3.91. The maximum absolute atomic E-state index is 12.3. The lowest BCUT2D eigenvalue weighted by Gasteiger charge is -2.34. The maximum Gasteiger partial charge on any atom is 0.261 e. The second kappa shape index (κ2) is 6.12. The van der Waals surface area contributed by atoms with Crippen LogP contribution in [0.25, 0.3) is 0 Å². The van der Waals surface area contributed by atoms with Gasteiger partial charge in [0, 0.05) is 29.4 Å². The van der Waals surface area contributed by atoms with Crippen molar-refractivity contribution in [3.05, 3.63) is 28.8 Å². The van der Waals surface area contributed by atoms with Crippen molar-refractivity contribution >= 4 is 37.2 Å². The fourth-order valence-electron chi connectivity index (χ4n) is 2.12. The van der Waals surface area contributed by atoms with Crippen LogP contribution >= 0.6 is 22.3 Å². The highest BCUT2D eigenvalue weighted by Gasteiger charge is 2.30. The molecule has 1 saturated heterocycles. The summed E-state index contributed by atoms with van der Waals surface area (Å²) in [5, 5.41) is 3.06. The second-order valence-corrected chi connectivity index (χ2v) is 8.18. The molecule has 1 aliphatic heterocycles. The molecule has 0 aromatic heterocycles. The predicted molar refractivity (Wildman–Crippen MR) is 80.4 cm³/mol. The van der Waals surface area contributed by atoms with Gasteiger partial charge in [-0.3, -0.25) is 4.79 Å². The molecule has 116 valence electrons. The Morgan fingerprint density at radius 3 is 2.52 bits per heavy atom. The van der Waals surface area contributed by atoms with Gasteiger partial charge in [0.25, 0.3) is 15.0 Å². The molecule has 21 heavy (non-hydrogen) atoms. The molecule has 1 N–H and O–H groups in total. The van der Waals surface area contributed by atoms with Crippen LogP contribution in [0, 0.1) is 0 Å². The Labute approximate surface area is 133 Å². The number of amides is 1. The van der Waals surface area contributed by atoms with Crippen molar-refractivity contribution in [3.8, 4) is 0 Å². The summed E-state index contributed by atoms with van der Waals surface area (Å²) in [7, 11) is 1.38. The molecule has 0 radical (unpaired) electrons. The van der Waals surface area contributed by atoms with E-state index in [2.05, 4.69) is 5.32 Å². The van der Waals surface area contributed by atoms with E-state index in [-0.39, 0.29) is 15.5 Å². The highest BCUT2D eigenvalue weighted by molar-refractivity contribution is 8.13. The first-order valence-corrected chi connectivity index (χ1v) is 9.04. The van der Waals surface area contributed by atoms with Crippen LogP contribution in [0.5, 0.6) is 0 Å². The van der Waals surface area contributed by atoms with Crippen molar-refractivity contribution in [1.82, 2.24) is 5.32 Å². The Morgan fingerprint density at radius 2 is 1.95 bits per heavy atom. The largest absolute Gasteiger partial charge is 0.381 e. The molecule has 8 heteroatoms. The number of nitrogens with one attached hydrogen (secondary N) is 1. The first-order chi connectivity index (χ1) is 9.71. The fraction of sp³-hybridized carbons (Fsp3) is 0.462. The predicted octanol–water partition coefficient (Wildman–Crippen LogP) is 2.57. The van der Waals surface area contributed by atoms with Gasteiger partial charge in [-0.25, -0.2) is 8.42 Å². The van der Waals surface area contributed by atoms with Crippen LogP contribution in [0.2, 0.25) is 5.02 Å². The summed E-state index contributed by atoms with van der Waals surface area (Å²) in [5.41, 5.74) is -0.305. The fourth-order valence-corrected chi connectivity index (χ4v) is 3.10. The van der Waals surface area contributed by atoms with Crippen molar-refractivity contribution in [2.24, 2.45) is 0 Å². The topological polar surface area (TPSA) is 72.5 Å². The summed E-state index contributed by atoms with van der Waals surface area (Å²) in [5.74, 6) is -0.424. The number of ether oxygens (including phenoxy) is 1. The highest BCUT2D eigenvalue weighted by Crippen LogP contribution is 2.25. The lowest BCUT2D eigenvalue weighted by molar-refractivity contribution is 0.0423. The van der Waals surface area contributed by atoms with Crippen molar-refractivity contribution in [1.29, 1.82) is 0 Å². The average molecular weight is 352 g/mol. The number of hydrogen-bond donors (Lipinski definition) is 1. The SMILES string of the molecule is CC1(NC(=O)c2cc(S(=O)(=O)Cl)ccc2Cl)CCOCC1. The normalized spacial score (nSPS) is 18.2. The van der Waals surface area contributed by atoms with E-state index >= 15 is 0 Å². The molecule has 0 spiro atoms. The van der Waals surface area contributed by atoms with Gasteiger partial charge in [-0.1, -0.05) is 11.6 Å². The van der Waals surface area contributed by atoms with Crippen LogP contribution in [0.1, 0.15) is 30.1 Å². The molecule has 1 amide bonds. The van der Waals surface area contributed by atoms with Crippen LogP contribution in [-0.2, 0) is 13.8 Å². The molecular formula is C13H15Cl2NO4S. The zero-order valence-corrected chi connectivity index (χ0v) is 13.7. The zero-order valence-electron chi connectivity index (χ0n) is 11.4. The Kier molecular flexibility index (Phi) is 4.82. The molecule has 2 rings (SSSR count). The Bertz CT molecular complexity index is 654. The van der Waals surface area contributed by atoms with Crippen molar-refractivity contribution in [2.75, 3.05) is 13.2 Å². The number of benzene rings is 1. The van der Waals surface area contributed by atoms with Crippen molar-refractivity contribution in [3.63, 3.8) is 0 Å². The van der Waals surface area contributed by atoms with E-state index in [0.29, 0.717) is 26.1 Å². The average Bonchev–Trinajstić information content (AvgIpc) is 2.38. The van der Waals surface area contributed by atoms with E-state index < -0.39 is 20.5 Å². The second-order valence-electron chi connectivity index (χ2n) is 5.21. The summed E-state index contributed by atoms with van der Waals surface area (Å²) < 4.78 is 28.0. The van der Waals surface area contributed by atoms with Gasteiger partial charge in [-0.05, 0) is 38.0 Å². The van der Waals surface area contributed by atoms with Gasteiger partial charge < -0.3 is 10.1 Å². The summed E-state index contributed by atoms with van der Waals surface area (Å²) in [6, 6.07) is 3.79. The van der Waals surface area contributed by atoms with Crippen LogP contribution in [-0.4, -0.2) is 33.1 Å². The van der Waals surface area contributed by atoms with Gasteiger partial charge in [0.15, 0.2) is 0 Å². The van der Waals surface area contributed by atoms with E-state index in [1.54, 1.807) is 0 Å². The quantitative estimate of drug-likeness (QED) is 0.849. The Balaban J connectivity index is 2.26. The van der Waals surface area contributed by atoms with Gasteiger partial charge in [0.2, 0.25) is 0 Å². The summed E-state index contributed by atoms with van der Waals surface area (Å²) in [6.07, 6.45) is 1.37. The van der Waals surface area contributed by atoms with Crippen molar-refractivity contribution < 1.29 is 17.9 Å². The van der Waals surface area contributed by atoms with Crippen LogP contribution in [0.4, 0.5) is 0 Å². The van der Waals surface area contributed by atoms with Crippen LogP contribution in [0.3, 0.4) is 0 Å². The van der Waals surface area contributed by atoms with Crippen molar-refractivity contribution in [2.45, 2.75) is 30.2 Å². The molecule has 0 atom stereocenters. The smallest absolute Gasteiger partial charge is 0.261 e. The van der Waals surface area contributed by atoms with E-state index in [9.17, 15) is 13.2 Å². The zero-order chi connectivity index (χ0) is 15.7. The van der Waals surface area contributed by atoms with Gasteiger partial charge in [0.1, 0.15) is 0 Å². The first-order valence-electron chi connectivity index (χ1n) is 6.36. The van der Waals surface area contributed by atoms with Gasteiger partial charge in [-0.15, -0.1) is 0 Å². The summed E-state index contributed by atoms with van der Waals surface area (Å²) in [6.45, 7) is 3.06. The van der Waals surface area contributed by atoms with Gasteiger partial charge in [0.05, 0.1) is 15.5 Å². The first kappa shape index (κ1) is 16.5. The van der Waals surface area contributed by atoms with Gasteiger partial charge in [-0.2, -0.15) is 0 Å². The molecule has 0 unspecified atom stereocenters. The number of carbonyl (C=O) groups excluding carboxylic acids is 1. The molecule has 1 fully saturated rings. The molecule has 1 heterocycles. The maximum atomic E-state index is 12.3. The van der Waals surface area contributed by atoms with E-state index in [0.717, 1.165) is 0 Å². The summed E-state index contributed by atoms with van der Waals surface area (Å²) in [4.78, 5) is 12.2. The van der Waals surface area contributed by atoms with E-state index in [4.69, 9.17) is 27.0 Å². The molecule has 0 bridgehead atoms. The standard InChI is InChI=1S/C13H15Cl2NO4S/c1-13(4-6-20-7-5-13)16-12(17)10-8-9(21(15,18)19)2-3-11(10)14/h2-3,8H,4-7H2,1H3,(H,16,17). The number of rotatable bonds is 3. The van der Waals surface area contributed by atoms with Crippen LogP contribution in [0.15, 0.2) is 23.1 Å². The Hall–Kier alpha value is -0.820. The molecule has 5 nitrogen and oxygen atoms in total. The molecule has 0 aliphatic carbocycles. The molecule has 1 aromatic carbocycles. The molecule has 1 aromatic rings. The summed E-state index contributed by atoms with van der Waals surface area (Å²) >= 11 is 5.98. The van der Waals surface area contributed by atoms with E-state index in [1.807, 2.05) is 6.92 Å². The third-order valence-corrected chi connectivity index (χ3v) is 5.16. The molecule has 0 saturated carbocycles. The van der Waals surface area contributed by atoms with Gasteiger partial charge >= 0.3 is 0 Å². The minimum absolute atomic E-state index is 0.0890. The number of halogens is 2. The van der Waals surface area contributed by atoms with E-state index in [1.165, 1.54) is 18.2 Å². The minimum Gasteiger partial charge on any atom is -0.381 e. The lowest BCUT2D eigenvalue weighted by atomic mass is 9.92. The molecule has 1 aliphatic rings. The third-order valence-electron chi connectivity index (χ3n) is 3.48. The third kappa shape index (κ3) is 4.10. The lowest BCUT2D eigenvalue weighted by Crippen LogP contribution is -2.49. The number of hydrogen-bond acceptors (Lipinski definition) is 4. The monoisotopic (exact) mass is 351 g/mol.